The van der Waals surface area contributed by atoms with Crippen molar-refractivity contribution < 1.29 is 28.9 Å². The minimum atomic E-state index is -0.974. The lowest BCUT2D eigenvalue weighted by molar-refractivity contribution is -0.149. The summed E-state index contributed by atoms with van der Waals surface area (Å²) in [5.41, 5.74) is 1.80. The lowest BCUT2D eigenvalue weighted by atomic mass is 10.1. The van der Waals surface area contributed by atoms with Gasteiger partial charge in [0.2, 0.25) is 0 Å². The predicted molar refractivity (Wildman–Crippen MR) is 126 cm³/mol. The molecule has 0 aliphatic rings. The van der Waals surface area contributed by atoms with Crippen LogP contribution >= 0.6 is 0 Å². The highest BCUT2D eigenvalue weighted by molar-refractivity contribution is 5.72. The second kappa shape index (κ2) is 14.2. The van der Waals surface area contributed by atoms with Crippen LogP contribution in [0.15, 0.2) is 54.6 Å². The van der Waals surface area contributed by atoms with Gasteiger partial charge in [0.15, 0.2) is 6.10 Å². The molecule has 33 heavy (non-hydrogen) atoms. The van der Waals surface area contributed by atoms with Crippen LogP contribution in [-0.2, 0) is 27.3 Å². The summed E-state index contributed by atoms with van der Waals surface area (Å²) < 4.78 is 16.6. The van der Waals surface area contributed by atoms with Crippen molar-refractivity contribution in [3.8, 4) is 5.75 Å². The third-order valence-electron chi connectivity index (χ3n) is 5.06. The minimum Gasteiger partial charge on any atom is -0.492 e. The fourth-order valence-electron chi connectivity index (χ4n) is 3.15. The molecule has 7 nitrogen and oxygen atoms in total. The molecule has 7 heteroatoms. The van der Waals surface area contributed by atoms with Gasteiger partial charge >= 0.3 is 12.1 Å². The number of nitrogens with zero attached hydrogens (tertiary/aromatic N) is 1. The summed E-state index contributed by atoms with van der Waals surface area (Å²) in [4.78, 5) is 25.5. The van der Waals surface area contributed by atoms with Gasteiger partial charge in [-0.3, -0.25) is 0 Å². The SMILES string of the molecule is CCOC(Cc1ccc(OCCN(CCC(C)C)C(=O)OCc2ccccc2)cc1)C(=O)O. The van der Waals surface area contributed by atoms with Gasteiger partial charge < -0.3 is 24.2 Å². The highest BCUT2D eigenvalue weighted by atomic mass is 16.6. The highest BCUT2D eigenvalue weighted by Crippen LogP contribution is 2.15. The fourth-order valence-corrected chi connectivity index (χ4v) is 3.15. The van der Waals surface area contributed by atoms with Crippen LogP contribution in [0.3, 0.4) is 0 Å². The van der Waals surface area contributed by atoms with Gasteiger partial charge in [0.05, 0.1) is 6.54 Å². The maximum atomic E-state index is 12.6. The Hall–Kier alpha value is -3.06. The number of rotatable bonds is 14. The van der Waals surface area contributed by atoms with Gasteiger partial charge in [-0.15, -0.1) is 0 Å². The number of carbonyl (C=O) groups excluding carboxylic acids is 1. The Bertz CT molecular complexity index is 838. The number of hydrogen-bond acceptors (Lipinski definition) is 5. The van der Waals surface area contributed by atoms with E-state index < -0.39 is 12.1 Å². The van der Waals surface area contributed by atoms with Gasteiger partial charge in [-0.05, 0) is 42.5 Å². The molecule has 1 atom stereocenters. The van der Waals surface area contributed by atoms with E-state index in [9.17, 15) is 14.7 Å². The smallest absolute Gasteiger partial charge is 0.410 e. The zero-order chi connectivity index (χ0) is 24.1. The minimum absolute atomic E-state index is 0.235. The number of aliphatic carboxylic acids is 1. The van der Waals surface area contributed by atoms with Gasteiger partial charge in [0.1, 0.15) is 19.0 Å². The Morgan fingerprint density at radius 1 is 0.970 bits per heavy atom. The first kappa shape index (κ1) is 26.2. The van der Waals surface area contributed by atoms with E-state index in [1.807, 2.05) is 42.5 Å². The molecule has 0 fully saturated rings. The fraction of sp³-hybridized carbons (Fsp3) is 0.462. The molecule has 2 aromatic carbocycles. The summed E-state index contributed by atoms with van der Waals surface area (Å²) in [5, 5.41) is 9.22. The number of carbonyl (C=O) groups is 2. The Labute approximate surface area is 196 Å². The highest BCUT2D eigenvalue weighted by Gasteiger charge is 2.18. The normalized spacial score (nSPS) is 11.8. The van der Waals surface area contributed by atoms with Crippen molar-refractivity contribution in [2.24, 2.45) is 5.92 Å². The van der Waals surface area contributed by atoms with Crippen LogP contribution in [0.2, 0.25) is 0 Å². The molecule has 0 aliphatic heterocycles. The maximum absolute atomic E-state index is 12.6. The average Bonchev–Trinajstić information content (AvgIpc) is 2.80. The van der Waals surface area contributed by atoms with E-state index in [2.05, 4.69) is 13.8 Å². The Morgan fingerprint density at radius 2 is 1.67 bits per heavy atom. The summed E-state index contributed by atoms with van der Waals surface area (Å²) in [6, 6.07) is 16.8. The van der Waals surface area contributed by atoms with E-state index in [1.54, 1.807) is 24.0 Å². The first-order valence-corrected chi connectivity index (χ1v) is 11.4. The lowest BCUT2D eigenvalue weighted by Gasteiger charge is -2.23. The van der Waals surface area contributed by atoms with Crippen LogP contribution in [0.4, 0.5) is 4.79 Å². The molecule has 1 amide bonds. The summed E-state index contributed by atoms with van der Waals surface area (Å²) in [6.07, 6.45) is -0.0494. The van der Waals surface area contributed by atoms with Crippen LogP contribution < -0.4 is 4.74 Å². The van der Waals surface area contributed by atoms with E-state index in [0.717, 1.165) is 17.5 Å². The van der Waals surface area contributed by atoms with Crippen molar-refractivity contribution in [2.45, 2.75) is 46.3 Å². The Kier molecular flexibility index (Phi) is 11.2. The van der Waals surface area contributed by atoms with Gasteiger partial charge in [-0.2, -0.15) is 0 Å². The molecule has 1 unspecified atom stereocenters. The van der Waals surface area contributed by atoms with Crippen molar-refractivity contribution >= 4 is 12.1 Å². The van der Waals surface area contributed by atoms with Crippen molar-refractivity contribution in [1.82, 2.24) is 4.90 Å². The first-order chi connectivity index (χ1) is 15.9. The first-order valence-electron chi connectivity index (χ1n) is 11.4. The van der Waals surface area contributed by atoms with Crippen molar-refractivity contribution in [1.29, 1.82) is 0 Å². The molecule has 0 heterocycles. The molecule has 0 saturated heterocycles. The van der Waals surface area contributed by atoms with Crippen LogP contribution in [-0.4, -0.2) is 54.5 Å². The number of carboxylic acid groups (broad SMARTS) is 1. The molecule has 1 N–H and O–H groups in total. The van der Waals surface area contributed by atoms with Crippen LogP contribution in [0, 0.1) is 5.92 Å². The Morgan fingerprint density at radius 3 is 2.27 bits per heavy atom. The summed E-state index contributed by atoms with van der Waals surface area (Å²) in [5.74, 6) is 0.149. The number of carboxylic acids is 1. The van der Waals surface area contributed by atoms with E-state index in [1.165, 1.54) is 0 Å². The van der Waals surface area contributed by atoms with E-state index in [4.69, 9.17) is 14.2 Å². The van der Waals surface area contributed by atoms with E-state index in [0.29, 0.717) is 44.4 Å². The monoisotopic (exact) mass is 457 g/mol. The quantitative estimate of drug-likeness (QED) is 0.439. The topological polar surface area (TPSA) is 85.3 Å². The molecule has 0 bridgehead atoms. The zero-order valence-electron chi connectivity index (χ0n) is 19.7. The third-order valence-corrected chi connectivity index (χ3v) is 5.06. The van der Waals surface area contributed by atoms with Gasteiger partial charge in [-0.25, -0.2) is 9.59 Å². The van der Waals surface area contributed by atoms with E-state index in [-0.39, 0.29) is 12.7 Å². The molecular weight excluding hydrogens is 422 g/mol. The van der Waals surface area contributed by atoms with Gasteiger partial charge in [0.25, 0.3) is 0 Å². The summed E-state index contributed by atoms with van der Waals surface area (Å²) >= 11 is 0. The standard InChI is InChI=1S/C26H35NO6/c1-4-31-24(25(28)29)18-21-10-12-23(13-11-21)32-17-16-27(15-14-20(2)3)26(30)33-19-22-8-6-5-7-9-22/h5-13,20,24H,4,14-19H2,1-3H3,(H,28,29). The molecule has 0 radical (unpaired) electrons. The number of hydrogen-bond donors (Lipinski definition) is 1. The van der Waals surface area contributed by atoms with E-state index >= 15 is 0 Å². The van der Waals surface area contributed by atoms with Gasteiger partial charge in [0, 0.05) is 19.6 Å². The van der Waals surface area contributed by atoms with Crippen molar-refractivity contribution in [2.75, 3.05) is 26.3 Å². The van der Waals surface area contributed by atoms with Crippen molar-refractivity contribution in [3.63, 3.8) is 0 Å². The third kappa shape index (κ3) is 9.95. The maximum Gasteiger partial charge on any atom is 0.410 e. The zero-order valence-corrected chi connectivity index (χ0v) is 19.7. The number of benzene rings is 2. The molecular formula is C26H35NO6. The average molecular weight is 458 g/mol. The lowest BCUT2D eigenvalue weighted by Crippen LogP contribution is -2.36. The molecule has 2 rings (SSSR count). The molecule has 0 aliphatic carbocycles. The Balaban J connectivity index is 1.86. The number of ether oxygens (including phenoxy) is 3. The molecule has 0 aromatic heterocycles. The number of amides is 1. The van der Waals surface area contributed by atoms with Crippen LogP contribution in [0.5, 0.6) is 5.75 Å². The van der Waals surface area contributed by atoms with Crippen molar-refractivity contribution in [3.05, 3.63) is 65.7 Å². The van der Waals surface area contributed by atoms with Crippen LogP contribution in [0.1, 0.15) is 38.3 Å². The second-order valence-corrected chi connectivity index (χ2v) is 8.19. The molecule has 0 saturated carbocycles. The molecule has 180 valence electrons. The summed E-state index contributed by atoms with van der Waals surface area (Å²) in [6.45, 7) is 7.93. The van der Waals surface area contributed by atoms with Gasteiger partial charge in [-0.1, -0.05) is 56.3 Å². The summed E-state index contributed by atoms with van der Waals surface area (Å²) in [7, 11) is 0. The largest absolute Gasteiger partial charge is 0.492 e. The van der Waals surface area contributed by atoms with Crippen LogP contribution in [0.25, 0.3) is 0 Å². The molecule has 2 aromatic rings. The molecule has 0 spiro atoms. The second-order valence-electron chi connectivity index (χ2n) is 8.19. The predicted octanol–water partition coefficient (Wildman–Crippen LogP) is 4.78.